The first kappa shape index (κ1) is 27.2. The van der Waals surface area contributed by atoms with Gasteiger partial charge in [-0.3, -0.25) is 14.0 Å². The number of hydrogen-bond donors (Lipinski definition) is 1. The van der Waals surface area contributed by atoms with Crippen LogP contribution in [-0.4, -0.2) is 77.0 Å². The molecule has 0 aromatic heterocycles. The van der Waals surface area contributed by atoms with Crippen molar-refractivity contribution in [1.82, 2.24) is 15.1 Å². The second-order valence-electron chi connectivity index (χ2n) is 9.25. The maximum atomic E-state index is 13.4. The Morgan fingerprint density at radius 2 is 1.80 bits per heavy atom. The third-order valence-electron chi connectivity index (χ3n) is 6.30. The monoisotopic (exact) mass is 518 g/mol. The molecule has 1 aliphatic heterocycles. The summed E-state index contributed by atoms with van der Waals surface area (Å²) in [6.07, 6.45) is 3.11. The molecule has 1 fully saturated rings. The molecule has 7 nitrogen and oxygen atoms in total. The Kier molecular flexibility index (Phi) is 8.99. The molecule has 2 aromatic carbocycles. The molecule has 1 amide bonds. The minimum absolute atomic E-state index is 0.00460. The minimum atomic E-state index is -3.83. The number of carbonyl (C=O) groups excluding carboxylic acids is 1. The summed E-state index contributed by atoms with van der Waals surface area (Å²) in [7, 11) is -0.197. The molecule has 2 aromatic rings. The zero-order valence-electron chi connectivity index (χ0n) is 21.1. The molecule has 1 heterocycles. The largest absolute Gasteiger partial charge is 0.349 e. The second-order valence-corrected chi connectivity index (χ2v) is 11.6. The smallest absolute Gasteiger partial charge is 0.264 e. The fourth-order valence-electron chi connectivity index (χ4n) is 4.14. The van der Waals surface area contributed by atoms with E-state index in [1.54, 1.807) is 50.3 Å². The van der Waals surface area contributed by atoms with Gasteiger partial charge in [0, 0.05) is 56.9 Å². The van der Waals surface area contributed by atoms with Gasteiger partial charge in [0.05, 0.1) is 10.6 Å². The van der Waals surface area contributed by atoms with Gasteiger partial charge in [-0.05, 0) is 68.8 Å². The molecule has 190 valence electrons. The number of nitrogens with zero attached hydrogens (tertiary/aromatic N) is 3. The van der Waals surface area contributed by atoms with Crippen LogP contribution in [0.2, 0.25) is 5.02 Å². The Balaban J connectivity index is 1.72. The third kappa shape index (κ3) is 6.85. The van der Waals surface area contributed by atoms with Gasteiger partial charge in [0.25, 0.3) is 10.0 Å². The van der Waals surface area contributed by atoms with Crippen LogP contribution in [0.15, 0.2) is 47.4 Å². The number of para-hydroxylation sites is 1. The number of amides is 1. The number of sulfonamides is 1. The Morgan fingerprint density at radius 3 is 2.49 bits per heavy atom. The van der Waals surface area contributed by atoms with Crippen LogP contribution in [0.4, 0.5) is 5.69 Å². The summed E-state index contributed by atoms with van der Waals surface area (Å²) in [4.78, 5) is 17.4. The van der Waals surface area contributed by atoms with Crippen LogP contribution in [0, 0.1) is 13.8 Å². The molecule has 1 saturated heterocycles. The lowest BCUT2D eigenvalue weighted by atomic mass is 10.1. The number of hydrogen-bond acceptors (Lipinski definition) is 5. The number of carbonyl (C=O) groups is 1. The van der Waals surface area contributed by atoms with Gasteiger partial charge in [0.15, 0.2) is 0 Å². The van der Waals surface area contributed by atoms with Crippen LogP contribution in [0.3, 0.4) is 0 Å². The van der Waals surface area contributed by atoms with Gasteiger partial charge in [-0.2, -0.15) is 0 Å². The fourth-order valence-corrected chi connectivity index (χ4v) is 5.87. The van der Waals surface area contributed by atoms with Crippen molar-refractivity contribution >= 4 is 39.3 Å². The molecule has 1 atom stereocenters. The summed E-state index contributed by atoms with van der Waals surface area (Å²) in [6, 6.07) is 10.4. The molecule has 35 heavy (non-hydrogen) atoms. The lowest BCUT2D eigenvalue weighted by Gasteiger charge is -2.33. The molecule has 1 N–H and O–H groups in total. The van der Waals surface area contributed by atoms with Crippen molar-refractivity contribution in [2.75, 3.05) is 51.1 Å². The van der Waals surface area contributed by atoms with E-state index in [2.05, 4.69) is 22.2 Å². The molecule has 0 aliphatic carbocycles. The zero-order valence-corrected chi connectivity index (χ0v) is 22.7. The van der Waals surface area contributed by atoms with Crippen molar-refractivity contribution in [1.29, 1.82) is 0 Å². The lowest BCUT2D eigenvalue weighted by molar-refractivity contribution is -0.117. The van der Waals surface area contributed by atoms with Crippen molar-refractivity contribution in [2.24, 2.45) is 0 Å². The second kappa shape index (κ2) is 11.6. The van der Waals surface area contributed by atoms with Crippen LogP contribution >= 0.6 is 11.6 Å². The Labute approximate surface area is 214 Å². The molecule has 0 bridgehead atoms. The average molecular weight is 519 g/mol. The number of halogens is 1. The standard InChI is InChI=1S/C26H35ClN4O3S/c1-19-17-25(20(2)16-23(19)27)35(33,34)30(5)24-9-7-6-8-22(24)10-11-26(32)28-21(3)18-31-14-12-29(4)13-15-31/h6-11,16-17,21H,12-15,18H2,1-5H3,(H,28,32)/b11-10+/t21-/m1/s1. The van der Waals surface area contributed by atoms with E-state index in [1.165, 1.54) is 17.4 Å². The summed E-state index contributed by atoms with van der Waals surface area (Å²) in [5.74, 6) is -0.212. The predicted octanol–water partition coefficient (Wildman–Crippen LogP) is 3.55. The van der Waals surface area contributed by atoms with Crippen molar-refractivity contribution in [3.8, 4) is 0 Å². The molecule has 0 saturated carbocycles. The van der Waals surface area contributed by atoms with Gasteiger partial charge < -0.3 is 10.2 Å². The van der Waals surface area contributed by atoms with Crippen LogP contribution in [-0.2, 0) is 14.8 Å². The fraction of sp³-hybridized carbons (Fsp3) is 0.423. The average Bonchev–Trinajstić information content (AvgIpc) is 2.81. The Bertz CT molecular complexity index is 1190. The highest BCUT2D eigenvalue weighted by atomic mass is 35.5. The normalized spacial score (nSPS) is 16.4. The number of likely N-dealkylation sites (N-methyl/N-ethyl adjacent to an activating group) is 1. The van der Waals surface area contributed by atoms with E-state index in [0.29, 0.717) is 27.4 Å². The summed E-state index contributed by atoms with van der Waals surface area (Å²) < 4.78 is 28.1. The topological polar surface area (TPSA) is 73.0 Å². The number of piperazine rings is 1. The summed E-state index contributed by atoms with van der Waals surface area (Å²) in [6.45, 7) is 10.3. The third-order valence-corrected chi connectivity index (χ3v) is 8.62. The Hall–Kier alpha value is -2.39. The number of rotatable bonds is 8. The van der Waals surface area contributed by atoms with Crippen molar-refractivity contribution < 1.29 is 13.2 Å². The molecule has 3 rings (SSSR count). The van der Waals surface area contributed by atoms with E-state index in [0.717, 1.165) is 32.7 Å². The molecule has 0 spiro atoms. The van der Waals surface area contributed by atoms with E-state index >= 15 is 0 Å². The lowest BCUT2D eigenvalue weighted by Crippen LogP contribution is -2.49. The molecule has 0 radical (unpaired) electrons. The van der Waals surface area contributed by atoms with Gasteiger partial charge in [-0.1, -0.05) is 29.8 Å². The summed E-state index contributed by atoms with van der Waals surface area (Å²) in [5.41, 5.74) is 2.38. The highest BCUT2D eigenvalue weighted by Gasteiger charge is 2.25. The maximum Gasteiger partial charge on any atom is 0.264 e. The van der Waals surface area contributed by atoms with Gasteiger partial charge in [0.2, 0.25) is 5.91 Å². The van der Waals surface area contributed by atoms with Crippen molar-refractivity contribution in [3.63, 3.8) is 0 Å². The SMILES string of the molecule is Cc1cc(S(=O)(=O)N(C)c2ccccc2/C=C/C(=O)N[C@H](C)CN2CCN(C)CC2)c(C)cc1Cl. The van der Waals surface area contributed by atoms with E-state index in [9.17, 15) is 13.2 Å². The summed E-state index contributed by atoms with van der Waals surface area (Å²) in [5, 5.41) is 3.54. The number of aryl methyl sites for hydroxylation is 2. The number of benzene rings is 2. The number of nitrogens with one attached hydrogen (secondary N) is 1. The first-order valence-corrected chi connectivity index (χ1v) is 13.5. The zero-order chi connectivity index (χ0) is 25.8. The first-order valence-electron chi connectivity index (χ1n) is 11.7. The highest BCUT2D eigenvalue weighted by molar-refractivity contribution is 7.92. The van der Waals surface area contributed by atoms with Gasteiger partial charge in [-0.25, -0.2) is 8.42 Å². The highest BCUT2D eigenvalue weighted by Crippen LogP contribution is 2.30. The molecular weight excluding hydrogens is 484 g/mol. The van der Waals surface area contributed by atoms with Gasteiger partial charge in [-0.15, -0.1) is 0 Å². The molecular formula is C26H35ClN4O3S. The van der Waals surface area contributed by atoms with Crippen molar-refractivity contribution in [2.45, 2.75) is 31.7 Å². The maximum absolute atomic E-state index is 13.4. The van der Waals surface area contributed by atoms with Gasteiger partial charge >= 0.3 is 0 Å². The predicted molar refractivity (Wildman–Crippen MR) is 144 cm³/mol. The Morgan fingerprint density at radius 1 is 1.14 bits per heavy atom. The molecule has 9 heteroatoms. The van der Waals surface area contributed by atoms with E-state index in [-0.39, 0.29) is 16.8 Å². The van der Waals surface area contributed by atoms with Crippen molar-refractivity contribution in [3.05, 3.63) is 64.2 Å². The van der Waals surface area contributed by atoms with E-state index in [1.807, 2.05) is 13.0 Å². The minimum Gasteiger partial charge on any atom is -0.349 e. The first-order chi connectivity index (χ1) is 16.5. The van der Waals surface area contributed by atoms with Crippen LogP contribution in [0.1, 0.15) is 23.6 Å². The summed E-state index contributed by atoms with van der Waals surface area (Å²) >= 11 is 6.16. The quantitative estimate of drug-likeness (QED) is 0.541. The molecule has 1 aliphatic rings. The van der Waals surface area contributed by atoms with Crippen LogP contribution in [0.5, 0.6) is 0 Å². The van der Waals surface area contributed by atoms with E-state index < -0.39 is 10.0 Å². The van der Waals surface area contributed by atoms with E-state index in [4.69, 9.17) is 11.6 Å². The molecule has 0 unspecified atom stereocenters. The van der Waals surface area contributed by atoms with Crippen LogP contribution < -0.4 is 9.62 Å². The number of anilines is 1. The van der Waals surface area contributed by atoms with Gasteiger partial charge in [0.1, 0.15) is 0 Å². The van der Waals surface area contributed by atoms with Crippen LogP contribution in [0.25, 0.3) is 6.08 Å².